The van der Waals surface area contributed by atoms with Crippen LogP contribution in [0.25, 0.3) is 0 Å². The molecule has 0 bridgehead atoms. The molecule has 124 valence electrons. The van der Waals surface area contributed by atoms with Gasteiger partial charge in [0.15, 0.2) is 0 Å². The number of rotatable bonds is 8. The zero-order chi connectivity index (χ0) is 16.7. The van der Waals surface area contributed by atoms with Gasteiger partial charge in [-0.1, -0.05) is 0 Å². The van der Waals surface area contributed by atoms with Gasteiger partial charge in [0, 0.05) is 30.5 Å². The summed E-state index contributed by atoms with van der Waals surface area (Å²) < 4.78 is 5.44. The first-order chi connectivity index (χ1) is 11.1. The van der Waals surface area contributed by atoms with Crippen LogP contribution in [0.3, 0.4) is 0 Å². The van der Waals surface area contributed by atoms with E-state index in [0.29, 0.717) is 12.6 Å². The molecular weight excluding hydrogens is 290 g/mol. The fourth-order valence-electron chi connectivity index (χ4n) is 2.05. The van der Waals surface area contributed by atoms with Crippen molar-refractivity contribution in [2.24, 2.45) is 0 Å². The molecule has 0 aliphatic heterocycles. The maximum absolute atomic E-state index is 5.44. The molecule has 6 nitrogen and oxygen atoms in total. The third-order valence-electron chi connectivity index (χ3n) is 3.14. The van der Waals surface area contributed by atoms with Crippen molar-refractivity contribution in [1.82, 2.24) is 14.9 Å². The SMILES string of the molecule is CCOc1ccc(Nc2nc(C)cc(NCCN(C)C)n2)cc1. The Morgan fingerprint density at radius 3 is 2.52 bits per heavy atom. The third kappa shape index (κ3) is 5.75. The minimum atomic E-state index is 0.585. The van der Waals surface area contributed by atoms with Gasteiger partial charge in [-0.3, -0.25) is 0 Å². The minimum absolute atomic E-state index is 0.585. The van der Waals surface area contributed by atoms with Crippen molar-refractivity contribution in [2.75, 3.05) is 44.4 Å². The fraction of sp³-hybridized carbons (Fsp3) is 0.412. The Balaban J connectivity index is 2.02. The van der Waals surface area contributed by atoms with Gasteiger partial charge in [0.25, 0.3) is 0 Å². The number of hydrogen-bond acceptors (Lipinski definition) is 6. The van der Waals surface area contributed by atoms with E-state index < -0.39 is 0 Å². The molecule has 0 radical (unpaired) electrons. The van der Waals surface area contributed by atoms with E-state index in [4.69, 9.17) is 4.74 Å². The normalized spacial score (nSPS) is 10.7. The van der Waals surface area contributed by atoms with Crippen LogP contribution in [0.1, 0.15) is 12.6 Å². The van der Waals surface area contributed by atoms with Gasteiger partial charge >= 0.3 is 0 Å². The summed E-state index contributed by atoms with van der Waals surface area (Å²) >= 11 is 0. The van der Waals surface area contributed by atoms with E-state index >= 15 is 0 Å². The molecule has 1 aromatic carbocycles. The van der Waals surface area contributed by atoms with E-state index in [2.05, 4.69) is 25.5 Å². The average molecular weight is 315 g/mol. The molecule has 2 N–H and O–H groups in total. The van der Waals surface area contributed by atoms with Crippen LogP contribution in [0.4, 0.5) is 17.5 Å². The van der Waals surface area contributed by atoms with E-state index in [1.54, 1.807) is 0 Å². The van der Waals surface area contributed by atoms with Crippen LogP contribution in [0.15, 0.2) is 30.3 Å². The average Bonchev–Trinajstić information content (AvgIpc) is 2.48. The summed E-state index contributed by atoms with van der Waals surface area (Å²) in [6, 6.07) is 9.71. The van der Waals surface area contributed by atoms with Crippen LogP contribution < -0.4 is 15.4 Å². The van der Waals surface area contributed by atoms with Gasteiger partial charge in [-0.25, -0.2) is 4.98 Å². The lowest BCUT2D eigenvalue weighted by Gasteiger charge is -2.12. The molecule has 1 aromatic heterocycles. The standard InChI is InChI=1S/C17H25N5O/c1-5-23-15-8-6-14(7-9-15)20-17-19-13(2)12-16(21-17)18-10-11-22(3)4/h6-9,12H,5,10-11H2,1-4H3,(H2,18,19,20,21). The second-order valence-electron chi connectivity index (χ2n) is 5.53. The van der Waals surface area contributed by atoms with Gasteiger partial charge in [0.05, 0.1) is 6.61 Å². The number of nitrogens with zero attached hydrogens (tertiary/aromatic N) is 3. The summed E-state index contributed by atoms with van der Waals surface area (Å²) in [4.78, 5) is 11.1. The third-order valence-corrected chi connectivity index (χ3v) is 3.14. The summed E-state index contributed by atoms with van der Waals surface area (Å²) in [7, 11) is 4.09. The molecule has 0 aliphatic rings. The van der Waals surface area contributed by atoms with E-state index in [1.165, 1.54) is 0 Å². The molecule has 0 amide bonds. The summed E-state index contributed by atoms with van der Waals surface area (Å²) in [5.41, 5.74) is 1.85. The molecule has 2 aromatic rings. The van der Waals surface area contributed by atoms with Gasteiger partial charge in [-0.15, -0.1) is 0 Å². The quantitative estimate of drug-likeness (QED) is 0.781. The number of ether oxygens (including phenoxy) is 1. The maximum Gasteiger partial charge on any atom is 0.229 e. The van der Waals surface area contributed by atoms with E-state index in [0.717, 1.165) is 36.0 Å². The number of anilines is 3. The van der Waals surface area contributed by atoms with Crippen molar-refractivity contribution in [3.05, 3.63) is 36.0 Å². The minimum Gasteiger partial charge on any atom is -0.494 e. The first-order valence-corrected chi connectivity index (χ1v) is 7.81. The summed E-state index contributed by atoms with van der Waals surface area (Å²) in [5, 5.41) is 6.54. The van der Waals surface area contributed by atoms with Gasteiger partial charge in [0.2, 0.25) is 5.95 Å². The topological polar surface area (TPSA) is 62.3 Å². The highest BCUT2D eigenvalue weighted by Gasteiger charge is 2.03. The Morgan fingerprint density at radius 1 is 1.13 bits per heavy atom. The summed E-state index contributed by atoms with van der Waals surface area (Å²) in [6.07, 6.45) is 0. The second kappa shape index (κ2) is 8.33. The summed E-state index contributed by atoms with van der Waals surface area (Å²) in [5.74, 6) is 2.27. The summed E-state index contributed by atoms with van der Waals surface area (Å²) in [6.45, 7) is 6.38. The Hall–Kier alpha value is -2.34. The Bertz CT molecular complexity index is 613. The number of aromatic nitrogens is 2. The van der Waals surface area contributed by atoms with E-state index in [1.807, 2.05) is 58.3 Å². The Kier molecular flexibility index (Phi) is 6.17. The number of benzene rings is 1. The van der Waals surface area contributed by atoms with Gasteiger partial charge in [-0.2, -0.15) is 4.98 Å². The zero-order valence-corrected chi connectivity index (χ0v) is 14.3. The molecule has 0 spiro atoms. The van der Waals surface area contributed by atoms with Gasteiger partial charge in [-0.05, 0) is 52.2 Å². The van der Waals surface area contributed by atoms with Crippen LogP contribution >= 0.6 is 0 Å². The number of aryl methyl sites for hydroxylation is 1. The first-order valence-electron chi connectivity index (χ1n) is 7.81. The lowest BCUT2D eigenvalue weighted by atomic mass is 10.3. The van der Waals surface area contributed by atoms with Crippen molar-refractivity contribution in [2.45, 2.75) is 13.8 Å². The van der Waals surface area contributed by atoms with Crippen LogP contribution in [0.2, 0.25) is 0 Å². The van der Waals surface area contributed by atoms with Crippen LogP contribution in [0, 0.1) is 6.92 Å². The Labute approximate surface area is 137 Å². The predicted molar refractivity (Wildman–Crippen MR) is 94.7 cm³/mol. The molecule has 0 fully saturated rings. The molecule has 2 rings (SSSR count). The molecule has 0 atom stereocenters. The van der Waals surface area contributed by atoms with Crippen molar-refractivity contribution >= 4 is 17.5 Å². The molecule has 0 saturated heterocycles. The zero-order valence-electron chi connectivity index (χ0n) is 14.3. The van der Waals surface area contributed by atoms with Crippen molar-refractivity contribution < 1.29 is 4.74 Å². The van der Waals surface area contributed by atoms with Gasteiger partial charge in [0.1, 0.15) is 11.6 Å². The van der Waals surface area contributed by atoms with E-state index in [9.17, 15) is 0 Å². The van der Waals surface area contributed by atoms with Crippen molar-refractivity contribution in [3.63, 3.8) is 0 Å². The number of likely N-dealkylation sites (N-methyl/N-ethyl adjacent to an activating group) is 1. The molecular formula is C17H25N5O. The largest absolute Gasteiger partial charge is 0.494 e. The molecule has 1 heterocycles. The van der Waals surface area contributed by atoms with E-state index in [-0.39, 0.29) is 0 Å². The highest BCUT2D eigenvalue weighted by molar-refractivity contribution is 5.56. The van der Waals surface area contributed by atoms with Crippen molar-refractivity contribution in [3.8, 4) is 5.75 Å². The predicted octanol–water partition coefficient (Wildman–Crippen LogP) is 2.90. The van der Waals surface area contributed by atoms with Crippen molar-refractivity contribution in [1.29, 1.82) is 0 Å². The Morgan fingerprint density at radius 2 is 1.87 bits per heavy atom. The number of nitrogens with one attached hydrogen (secondary N) is 2. The maximum atomic E-state index is 5.44. The number of hydrogen-bond donors (Lipinski definition) is 2. The van der Waals surface area contributed by atoms with Gasteiger partial charge < -0.3 is 20.3 Å². The lowest BCUT2D eigenvalue weighted by Crippen LogP contribution is -2.21. The monoisotopic (exact) mass is 315 g/mol. The second-order valence-corrected chi connectivity index (χ2v) is 5.53. The molecule has 0 aliphatic carbocycles. The molecule has 6 heteroatoms. The highest BCUT2D eigenvalue weighted by atomic mass is 16.5. The lowest BCUT2D eigenvalue weighted by molar-refractivity contribution is 0.340. The highest BCUT2D eigenvalue weighted by Crippen LogP contribution is 2.19. The fourth-order valence-corrected chi connectivity index (χ4v) is 2.05. The molecule has 0 saturated carbocycles. The van der Waals surface area contributed by atoms with Crippen LogP contribution in [-0.2, 0) is 0 Å². The smallest absolute Gasteiger partial charge is 0.229 e. The van der Waals surface area contributed by atoms with Crippen LogP contribution in [-0.4, -0.2) is 48.7 Å². The first kappa shape index (κ1) is 17.0. The molecule has 23 heavy (non-hydrogen) atoms. The van der Waals surface area contributed by atoms with Crippen LogP contribution in [0.5, 0.6) is 5.75 Å². The molecule has 0 unspecified atom stereocenters.